The molecule has 0 saturated carbocycles. The molecule has 0 radical (unpaired) electrons. The molecule has 3 aromatic rings. The van der Waals surface area contributed by atoms with Crippen molar-refractivity contribution in [2.24, 2.45) is 0 Å². The van der Waals surface area contributed by atoms with Gasteiger partial charge in [-0.2, -0.15) is 0 Å². The van der Waals surface area contributed by atoms with Gasteiger partial charge in [-0.3, -0.25) is 4.90 Å². The minimum atomic E-state index is 0.509. The smallest absolute Gasteiger partial charge is 0.263 e. The molecule has 0 fully saturated rings. The molecule has 0 bridgehead atoms. The number of furan rings is 2. The molecule has 0 aliphatic heterocycles. The van der Waals surface area contributed by atoms with Gasteiger partial charge in [0, 0.05) is 6.54 Å². The SMILES string of the molecule is CC#CCN(Cc1ccco1)Cc1nc(-c2ccc(C)o2)oc1C. The van der Waals surface area contributed by atoms with Crippen molar-refractivity contribution in [1.82, 2.24) is 9.88 Å². The highest BCUT2D eigenvalue weighted by molar-refractivity contribution is 5.45. The number of aryl methyl sites for hydroxylation is 2. The van der Waals surface area contributed by atoms with Gasteiger partial charge in [0.25, 0.3) is 5.89 Å². The van der Waals surface area contributed by atoms with E-state index in [0.717, 1.165) is 23.0 Å². The number of hydrogen-bond donors (Lipinski definition) is 0. The summed E-state index contributed by atoms with van der Waals surface area (Å²) in [5.41, 5.74) is 0.878. The van der Waals surface area contributed by atoms with Crippen LogP contribution in [-0.4, -0.2) is 16.4 Å². The van der Waals surface area contributed by atoms with E-state index < -0.39 is 0 Å². The van der Waals surface area contributed by atoms with Gasteiger partial charge < -0.3 is 13.3 Å². The minimum absolute atomic E-state index is 0.509. The largest absolute Gasteiger partial charge is 0.468 e. The van der Waals surface area contributed by atoms with Gasteiger partial charge in [-0.05, 0) is 45.0 Å². The van der Waals surface area contributed by atoms with Crippen molar-refractivity contribution in [3.63, 3.8) is 0 Å². The van der Waals surface area contributed by atoms with Crippen LogP contribution in [0.5, 0.6) is 0 Å². The predicted octanol–water partition coefficient (Wildman–Crippen LogP) is 4.17. The first-order valence-corrected chi connectivity index (χ1v) is 7.83. The second-order valence-corrected chi connectivity index (χ2v) is 5.58. The lowest BCUT2D eigenvalue weighted by molar-refractivity contribution is 0.260. The number of aromatic nitrogens is 1. The zero-order valence-electron chi connectivity index (χ0n) is 14.1. The second-order valence-electron chi connectivity index (χ2n) is 5.58. The normalized spacial score (nSPS) is 10.8. The van der Waals surface area contributed by atoms with Gasteiger partial charge in [0.15, 0.2) is 5.76 Å². The van der Waals surface area contributed by atoms with Gasteiger partial charge in [-0.1, -0.05) is 5.92 Å². The average Bonchev–Trinajstić information content (AvgIpc) is 3.28. The fourth-order valence-corrected chi connectivity index (χ4v) is 2.42. The second kappa shape index (κ2) is 7.24. The van der Waals surface area contributed by atoms with Crippen molar-refractivity contribution < 1.29 is 13.3 Å². The van der Waals surface area contributed by atoms with Gasteiger partial charge in [0.2, 0.25) is 0 Å². The van der Waals surface area contributed by atoms with Crippen LogP contribution >= 0.6 is 0 Å². The molecular weight excluding hydrogens is 304 g/mol. The summed E-state index contributed by atoms with van der Waals surface area (Å²) in [6.45, 7) is 7.59. The lowest BCUT2D eigenvalue weighted by Gasteiger charge is -2.17. The first kappa shape index (κ1) is 16.2. The fourth-order valence-electron chi connectivity index (χ4n) is 2.42. The lowest BCUT2D eigenvalue weighted by Crippen LogP contribution is -2.23. The van der Waals surface area contributed by atoms with Gasteiger partial charge in [-0.15, -0.1) is 5.92 Å². The van der Waals surface area contributed by atoms with E-state index in [0.29, 0.717) is 31.3 Å². The third-order valence-electron chi connectivity index (χ3n) is 3.66. The minimum Gasteiger partial charge on any atom is -0.468 e. The van der Waals surface area contributed by atoms with Crippen molar-refractivity contribution >= 4 is 0 Å². The van der Waals surface area contributed by atoms with E-state index in [-0.39, 0.29) is 0 Å². The monoisotopic (exact) mass is 324 g/mol. The van der Waals surface area contributed by atoms with Crippen LogP contribution in [-0.2, 0) is 13.1 Å². The maximum atomic E-state index is 5.76. The highest BCUT2D eigenvalue weighted by atomic mass is 16.4. The molecule has 5 nitrogen and oxygen atoms in total. The summed E-state index contributed by atoms with van der Waals surface area (Å²) in [6, 6.07) is 7.61. The Morgan fingerprint density at radius 3 is 2.67 bits per heavy atom. The van der Waals surface area contributed by atoms with Crippen LogP contribution in [0, 0.1) is 25.7 Å². The third-order valence-corrected chi connectivity index (χ3v) is 3.66. The van der Waals surface area contributed by atoms with E-state index in [1.54, 1.807) is 6.26 Å². The Morgan fingerprint density at radius 2 is 2.00 bits per heavy atom. The summed E-state index contributed by atoms with van der Waals surface area (Å²) >= 11 is 0. The molecule has 0 aliphatic carbocycles. The number of rotatable bonds is 6. The van der Waals surface area contributed by atoms with Gasteiger partial charge in [0.1, 0.15) is 17.3 Å². The maximum Gasteiger partial charge on any atom is 0.263 e. The van der Waals surface area contributed by atoms with Gasteiger partial charge >= 0.3 is 0 Å². The Bertz CT molecular complexity index is 847. The van der Waals surface area contributed by atoms with E-state index >= 15 is 0 Å². The quantitative estimate of drug-likeness (QED) is 0.637. The van der Waals surface area contributed by atoms with Crippen LogP contribution < -0.4 is 0 Å². The van der Waals surface area contributed by atoms with E-state index in [1.165, 1.54) is 0 Å². The summed E-state index contributed by atoms with van der Waals surface area (Å²) in [4.78, 5) is 6.75. The molecule has 124 valence electrons. The van der Waals surface area contributed by atoms with Gasteiger partial charge in [-0.25, -0.2) is 4.98 Å². The summed E-state index contributed by atoms with van der Waals surface area (Å²) in [5.74, 6) is 9.70. The maximum absolute atomic E-state index is 5.76. The van der Waals surface area contributed by atoms with Crippen LogP contribution in [0.3, 0.4) is 0 Å². The molecule has 0 N–H and O–H groups in total. The van der Waals surface area contributed by atoms with Crippen LogP contribution in [0.15, 0.2) is 43.8 Å². The Kier molecular flexibility index (Phi) is 4.88. The topological polar surface area (TPSA) is 55.6 Å². The first-order chi connectivity index (χ1) is 11.7. The first-order valence-electron chi connectivity index (χ1n) is 7.83. The summed E-state index contributed by atoms with van der Waals surface area (Å²) in [7, 11) is 0. The standard InChI is InChI=1S/C19H20N2O3/c1-4-5-10-21(12-16-7-6-11-22-16)13-17-15(3)24-19(20-17)18-9-8-14(2)23-18/h6-9,11H,10,12-13H2,1-3H3. The van der Waals surface area contributed by atoms with Crippen LogP contribution in [0.2, 0.25) is 0 Å². The summed E-state index contributed by atoms with van der Waals surface area (Å²) in [5, 5.41) is 0. The van der Waals surface area contributed by atoms with Crippen LogP contribution in [0.4, 0.5) is 0 Å². The molecule has 0 unspecified atom stereocenters. The fraction of sp³-hybridized carbons (Fsp3) is 0.316. The van der Waals surface area contributed by atoms with Gasteiger partial charge in [0.05, 0.1) is 25.0 Å². The molecule has 0 aromatic carbocycles. The number of hydrogen-bond acceptors (Lipinski definition) is 5. The molecule has 3 heterocycles. The summed E-state index contributed by atoms with van der Waals surface area (Å²) < 4.78 is 16.8. The molecule has 0 amide bonds. The van der Waals surface area contributed by atoms with Crippen molar-refractivity contribution in [2.75, 3.05) is 6.54 Å². The van der Waals surface area contributed by atoms with Crippen LogP contribution in [0.1, 0.15) is 29.9 Å². The zero-order chi connectivity index (χ0) is 16.9. The van der Waals surface area contributed by atoms with Crippen molar-refractivity contribution in [1.29, 1.82) is 0 Å². The van der Waals surface area contributed by atoms with Crippen LogP contribution in [0.25, 0.3) is 11.7 Å². The Hall–Kier alpha value is -2.71. The molecule has 0 atom stereocenters. The highest BCUT2D eigenvalue weighted by Gasteiger charge is 2.17. The van der Waals surface area contributed by atoms with E-state index in [4.69, 9.17) is 13.3 Å². The zero-order valence-corrected chi connectivity index (χ0v) is 14.1. The summed E-state index contributed by atoms with van der Waals surface area (Å²) in [6.07, 6.45) is 1.68. The molecule has 24 heavy (non-hydrogen) atoms. The van der Waals surface area contributed by atoms with Crippen molar-refractivity contribution in [3.8, 4) is 23.5 Å². The molecule has 0 aliphatic rings. The molecule has 3 aromatic heterocycles. The number of oxazole rings is 1. The van der Waals surface area contributed by atoms with Crippen molar-refractivity contribution in [3.05, 3.63) is 53.5 Å². The Labute approximate surface area is 141 Å². The Morgan fingerprint density at radius 1 is 1.12 bits per heavy atom. The Balaban J connectivity index is 1.78. The van der Waals surface area contributed by atoms with E-state index in [2.05, 4.69) is 21.7 Å². The lowest BCUT2D eigenvalue weighted by atomic mass is 10.3. The molecule has 3 rings (SSSR count). The third kappa shape index (κ3) is 3.79. The highest BCUT2D eigenvalue weighted by Crippen LogP contribution is 2.24. The molecular formula is C19H20N2O3. The number of nitrogens with zero attached hydrogens (tertiary/aromatic N) is 2. The van der Waals surface area contributed by atoms with Crippen molar-refractivity contribution in [2.45, 2.75) is 33.9 Å². The molecule has 5 heteroatoms. The average molecular weight is 324 g/mol. The predicted molar refractivity (Wildman–Crippen MR) is 90.0 cm³/mol. The van der Waals surface area contributed by atoms with E-state index in [1.807, 2.05) is 45.0 Å². The van der Waals surface area contributed by atoms with E-state index in [9.17, 15) is 0 Å². The molecule has 0 spiro atoms. The molecule has 0 saturated heterocycles.